The van der Waals surface area contributed by atoms with Crippen LogP contribution in [0.5, 0.6) is 5.75 Å². The lowest BCUT2D eigenvalue weighted by Gasteiger charge is -2.16. The predicted molar refractivity (Wildman–Crippen MR) is 76.2 cm³/mol. The third-order valence-corrected chi connectivity index (χ3v) is 3.70. The van der Waals surface area contributed by atoms with Crippen molar-refractivity contribution in [1.29, 1.82) is 0 Å². The molecule has 20 heavy (non-hydrogen) atoms. The Morgan fingerprint density at radius 1 is 1.40 bits per heavy atom. The summed E-state index contributed by atoms with van der Waals surface area (Å²) in [6.45, 7) is 2.25. The number of rotatable bonds is 6. The van der Waals surface area contributed by atoms with E-state index in [4.69, 9.17) is 15.6 Å². The van der Waals surface area contributed by atoms with E-state index in [2.05, 4.69) is 0 Å². The van der Waals surface area contributed by atoms with Gasteiger partial charge in [-0.05, 0) is 36.5 Å². The average Bonchev–Trinajstić information content (AvgIpc) is 2.94. The van der Waals surface area contributed by atoms with Gasteiger partial charge in [0.2, 0.25) is 0 Å². The van der Waals surface area contributed by atoms with Crippen LogP contribution in [0.2, 0.25) is 0 Å². The predicted octanol–water partition coefficient (Wildman–Crippen LogP) is 0.755. The third kappa shape index (κ3) is 3.95. The van der Waals surface area contributed by atoms with Gasteiger partial charge in [0.15, 0.2) is 6.61 Å². The summed E-state index contributed by atoms with van der Waals surface area (Å²) in [4.78, 5) is 13.8. The molecule has 1 aromatic rings. The van der Waals surface area contributed by atoms with Crippen LogP contribution in [0, 0.1) is 5.92 Å². The molecule has 1 aromatic carbocycles. The van der Waals surface area contributed by atoms with Gasteiger partial charge in [0.25, 0.3) is 5.91 Å². The molecular weight excluding hydrogens is 256 g/mol. The average molecular weight is 278 g/mol. The smallest absolute Gasteiger partial charge is 0.260 e. The molecule has 0 aromatic heterocycles. The maximum absolute atomic E-state index is 12.0. The third-order valence-electron chi connectivity index (χ3n) is 3.70. The van der Waals surface area contributed by atoms with Crippen LogP contribution in [-0.4, -0.2) is 42.2 Å². The number of ether oxygens (including phenoxy) is 1. The number of likely N-dealkylation sites (tertiary alicyclic amines) is 1. The second-order valence-electron chi connectivity index (χ2n) is 5.14. The normalized spacial score (nSPS) is 18.3. The van der Waals surface area contributed by atoms with Gasteiger partial charge in [-0.15, -0.1) is 0 Å². The van der Waals surface area contributed by atoms with Crippen molar-refractivity contribution in [1.82, 2.24) is 4.90 Å². The molecule has 1 amide bonds. The maximum Gasteiger partial charge on any atom is 0.260 e. The summed E-state index contributed by atoms with van der Waals surface area (Å²) >= 11 is 0. The molecule has 110 valence electrons. The van der Waals surface area contributed by atoms with Crippen LogP contribution in [0.25, 0.3) is 0 Å². The van der Waals surface area contributed by atoms with Gasteiger partial charge in [-0.25, -0.2) is 0 Å². The summed E-state index contributed by atoms with van der Waals surface area (Å²) in [6, 6.07) is 7.45. The summed E-state index contributed by atoms with van der Waals surface area (Å²) in [7, 11) is 0. The second-order valence-corrected chi connectivity index (χ2v) is 5.14. The number of hydrogen-bond donors (Lipinski definition) is 2. The van der Waals surface area contributed by atoms with Gasteiger partial charge in [-0.3, -0.25) is 4.79 Å². The lowest BCUT2D eigenvalue weighted by atomic mass is 10.1. The molecule has 1 unspecified atom stereocenters. The summed E-state index contributed by atoms with van der Waals surface area (Å²) in [6.07, 6.45) is 1.74. The Kier molecular flexibility index (Phi) is 5.38. The fraction of sp³-hybridized carbons (Fsp3) is 0.533. The van der Waals surface area contributed by atoms with Crippen LogP contribution in [-0.2, 0) is 11.3 Å². The first-order chi connectivity index (χ1) is 9.72. The largest absolute Gasteiger partial charge is 0.484 e. The van der Waals surface area contributed by atoms with Crippen molar-refractivity contribution < 1.29 is 14.6 Å². The van der Waals surface area contributed by atoms with E-state index in [-0.39, 0.29) is 19.1 Å². The van der Waals surface area contributed by atoms with Crippen LogP contribution >= 0.6 is 0 Å². The van der Waals surface area contributed by atoms with Gasteiger partial charge < -0.3 is 20.5 Å². The summed E-state index contributed by atoms with van der Waals surface area (Å²) in [5, 5.41) is 8.91. The van der Waals surface area contributed by atoms with E-state index in [1.165, 1.54) is 0 Å². The van der Waals surface area contributed by atoms with E-state index in [9.17, 15) is 4.79 Å². The quantitative estimate of drug-likeness (QED) is 0.805. The molecule has 0 bridgehead atoms. The molecule has 1 aliphatic rings. The van der Waals surface area contributed by atoms with Crippen molar-refractivity contribution in [3.05, 3.63) is 29.8 Å². The van der Waals surface area contributed by atoms with E-state index in [1.807, 2.05) is 29.2 Å². The monoisotopic (exact) mass is 278 g/mol. The van der Waals surface area contributed by atoms with Crippen LogP contribution in [0.4, 0.5) is 0 Å². The Labute approximate surface area is 119 Å². The Hall–Kier alpha value is -1.59. The minimum Gasteiger partial charge on any atom is -0.484 e. The van der Waals surface area contributed by atoms with Gasteiger partial charge in [-0.1, -0.05) is 12.1 Å². The molecule has 3 N–H and O–H groups in total. The number of benzene rings is 1. The minimum absolute atomic E-state index is 0.00772. The highest BCUT2D eigenvalue weighted by atomic mass is 16.5. The molecule has 0 saturated carbocycles. The standard InChI is InChI=1S/C15H22N2O3/c16-9-12-1-3-14(4-2-12)20-11-15(19)17-7-5-13(10-17)6-8-18/h1-4,13,18H,5-11,16H2. The van der Waals surface area contributed by atoms with E-state index >= 15 is 0 Å². The fourth-order valence-corrected chi connectivity index (χ4v) is 2.44. The lowest BCUT2D eigenvalue weighted by Crippen LogP contribution is -2.33. The van der Waals surface area contributed by atoms with E-state index in [0.717, 1.165) is 31.5 Å². The second kappa shape index (κ2) is 7.26. The summed E-state index contributed by atoms with van der Waals surface area (Å²) < 4.78 is 5.49. The highest BCUT2D eigenvalue weighted by Crippen LogP contribution is 2.19. The van der Waals surface area contributed by atoms with Gasteiger partial charge in [0.1, 0.15) is 5.75 Å². The molecule has 2 rings (SSSR count). The van der Waals surface area contributed by atoms with Crippen LogP contribution in [0.1, 0.15) is 18.4 Å². The van der Waals surface area contributed by atoms with Crippen LogP contribution in [0.15, 0.2) is 24.3 Å². The summed E-state index contributed by atoms with van der Waals surface area (Å²) in [5.41, 5.74) is 6.56. The molecule has 5 heteroatoms. The molecule has 1 heterocycles. The SMILES string of the molecule is NCc1ccc(OCC(=O)N2CCC(CCO)C2)cc1. The Morgan fingerprint density at radius 2 is 2.15 bits per heavy atom. The highest BCUT2D eigenvalue weighted by molar-refractivity contribution is 5.78. The van der Waals surface area contributed by atoms with Crippen molar-refractivity contribution in [3.8, 4) is 5.75 Å². The Balaban J connectivity index is 1.77. The number of nitrogens with zero attached hydrogens (tertiary/aromatic N) is 1. The first-order valence-corrected chi connectivity index (χ1v) is 7.03. The zero-order valence-corrected chi connectivity index (χ0v) is 11.6. The lowest BCUT2D eigenvalue weighted by molar-refractivity contribution is -0.132. The molecule has 1 fully saturated rings. The van der Waals surface area contributed by atoms with Crippen LogP contribution in [0.3, 0.4) is 0 Å². The number of nitrogens with two attached hydrogens (primary N) is 1. The minimum atomic E-state index is 0.00772. The van der Waals surface area contributed by atoms with Gasteiger partial charge >= 0.3 is 0 Å². The van der Waals surface area contributed by atoms with Crippen molar-refractivity contribution in [3.63, 3.8) is 0 Å². The maximum atomic E-state index is 12.0. The molecule has 0 spiro atoms. The van der Waals surface area contributed by atoms with Crippen molar-refractivity contribution >= 4 is 5.91 Å². The van der Waals surface area contributed by atoms with Gasteiger partial charge in [0, 0.05) is 26.2 Å². The number of aliphatic hydroxyl groups excluding tert-OH is 1. The Morgan fingerprint density at radius 3 is 2.80 bits per heavy atom. The van der Waals surface area contributed by atoms with Crippen molar-refractivity contribution in [2.45, 2.75) is 19.4 Å². The topological polar surface area (TPSA) is 75.8 Å². The number of hydrogen-bond acceptors (Lipinski definition) is 4. The van der Waals surface area contributed by atoms with Gasteiger partial charge in [-0.2, -0.15) is 0 Å². The van der Waals surface area contributed by atoms with Gasteiger partial charge in [0.05, 0.1) is 0 Å². The van der Waals surface area contributed by atoms with E-state index in [0.29, 0.717) is 18.2 Å². The van der Waals surface area contributed by atoms with Crippen molar-refractivity contribution in [2.75, 3.05) is 26.3 Å². The fourth-order valence-electron chi connectivity index (χ4n) is 2.44. The molecule has 0 radical (unpaired) electrons. The number of carbonyl (C=O) groups excluding carboxylic acids is 1. The Bertz CT molecular complexity index is 433. The first kappa shape index (κ1) is 14.8. The zero-order chi connectivity index (χ0) is 14.4. The summed E-state index contributed by atoms with van der Waals surface area (Å²) in [5.74, 6) is 1.11. The molecule has 5 nitrogen and oxygen atoms in total. The first-order valence-electron chi connectivity index (χ1n) is 7.03. The molecular formula is C15H22N2O3. The highest BCUT2D eigenvalue weighted by Gasteiger charge is 2.25. The molecule has 1 atom stereocenters. The van der Waals surface area contributed by atoms with E-state index in [1.54, 1.807) is 0 Å². The number of carbonyl (C=O) groups is 1. The zero-order valence-electron chi connectivity index (χ0n) is 11.6. The van der Waals surface area contributed by atoms with Crippen molar-refractivity contribution in [2.24, 2.45) is 11.7 Å². The number of amides is 1. The molecule has 1 aliphatic heterocycles. The molecule has 1 saturated heterocycles. The van der Waals surface area contributed by atoms with E-state index < -0.39 is 0 Å². The molecule has 0 aliphatic carbocycles. The van der Waals surface area contributed by atoms with Crippen LogP contribution < -0.4 is 10.5 Å². The number of aliphatic hydroxyl groups is 1.